The number of nitrogens with zero attached hydrogens (tertiary/aromatic N) is 2. The van der Waals surface area contributed by atoms with Gasteiger partial charge in [0.2, 0.25) is 0 Å². The molecule has 0 aliphatic heterocycles. The van der Waals surface area contributed by atoms with Crippen molar-refractivity contribution < 1.29 is 4.74 Å². The smallest absolute Gasteiger partial charge is 0.321 e. The van der Waals surface area contributed by atoms with Crippen LogP contribution >= 0.6 is 0 Å². The zero-order chi connectivity index (χ0) is 16.1. The number of benzene rings is 1. The molecule has 0 unspecified atom stereocenters. The molecule has 0 spiro atoms. The third-order valence-electron chi connectivity index (χ3n) is 4.26. The highest BCUT2D eigenvalue weighted by Crippen LogP contribution is 2.27. The maximum atomic E-state index is 5.62. The van der Waals surface area contributed by atoms with E-state index in [0.29, 0.717) is 11.9 Å². The molecular formula is C20H22N2O. The Hall–Kier alpha value is -2.34. The van der Waals surface area contributed by atoms with E-state index >= 15 is 0 Å². The molecule has 3 heteroatoms. The fourth-order valence-corrected chi connectivity index (χ4v) is 2.73. The lowest BCUT2D eigenvalue weighted by atomic mass is 9.83. The van der Waals surface area contributed by atoms with E-state index < -0.39 is 0 Å². The van der Waals surface area contributed by atoms with Gasteiger partial charge >= 0.3 is 6.01 Å². The molecule has 1 aliphatic rings. The van der Waals surface area contributed by atoms with Crippen LogP contribution in [0.1, 0.15) is 43.7 Å². The maximum Gasteiger partial charge on any atom is 0.321 e. The van der Waals surface area contributed by atoms with Gasteiger partial charge in [-0.3, -0.25) is 0 Å². The first-order chi connectivity index (χ1) is 11.2. The first kappa shape index (κ1) is 15.6. The van der Waals surface area contributed by atoms with E-state index in [0.717, 1.165) is 22.8 Å². The monoisotopic (exact) mass is 306 g/mol. The highest BCUT2D eigenvalue weighted by Gasteiger charge is 2.15. The van der Waals surface area contributed by atoms with Gasteiger partial charge in [0.15, 0.2) is 0 Å². The molecule has 0 bridgehead atoms. The molecule has 0 radical (unpaired) electrons. The lowest BCUT2D eigenvalue weighted by molar-refractivity contribution is 0.337. The average molecular weight is 306 g/mol. The third kappa shape index (κ3) is 4.56. The first-order valence-electron chi connectivity index (χ1n) is 8.27. The van der Waals surface area contributed by atoms with E-state index in [1.165, 1.54) is 25.7 Å². The van der Waals surface area contributed by atoms with Crippen LogP contribution in [-0.2, 0) is 0 Å². The quantitative estimate of drug-likeness (QED) is 0.751. The van der Waals surface area contributed by atoms with Gasteiger partial charge in [-0.2, -0.15) is 0 Å². The van der Waals surface area contributed by atoms with Gasteiger partial charge in [0, 0.05) is 23.9 Å². The van der Waals surface area contributed by atoms with E-state index in [-0.39, 0.29) is 0 Å². The van der Waals surface area contributed by atoms with Crippen LogP contribution in [0.25, 0.3) is 0 Å². The molecule has 1 aliphatic carbocycles. The summed E-state index contributed by atoms with van der Waals surface area (Å²) in [6.07, 6.45) is 8.58. The Morgan fingerprint density at radius 1 is 1.00 bits per heavy atom. The summed E-state index contributed by atoms with van der Waals surface area (Å²) < 4.78 is 5.62. The Morgan fingerprint density at radius 3 is 2.30 bits per heavy atom. The summed E-state index contributed by atoms with van der Waals surface area (Å²) in [4.78, 5) is 8.28. The Balaban J connectivity index is 1.60. The highest BCUT2D eigenvalue weighted by atomic mass is 16.5. The second kappa shape index (κ2) is 7.28. The van der Waals surface area contributed by atoms with Crippen LogP contribution in [0.4, 0.5) is 0 Å². The standard InChI is InChI=1S/C20H22N2O/c1-15-3-5-17(6-4-15)7-8-18-9-11-19(12-10-18)23-20-21-13-16(2)14-22-20/h9-15,17H,3-6H2,1-2H3. The van der Waals surface area contributed by atoms with E-state index in [4.69, 9.17) is 4.74 Å². The van der Waals surface area contributed by atoms with Crippen LogP contribution in [0, 0.1) is 30.6 Å². The minimum atomic E-state index is 0.366. The summed E-state index contributed by atoms with van der Waals surface area (Å²) in [6.45, 7) is 4.28. The lowest BCUT2D eigenvalue weighted by Gasteiger charge is -2.21. The number of aromatic nitrogens is 2. The number of aryl methyl sites for hydroxylation is 1. The molecule has 3 nitrogen and oxygen atoms in total. The molecule has 23 heavy (non-hydrogen) atoms. The van der Waals surface area contributed by atoms with Gasteiger partial charge < -0.3 is 4.74 Å². The van der Waals surface area contributed by atoms with Crippen molar-refractivity contribution in [2.45, 2.75) is 39.5 Å². The average Bonchev–Trinajstić information content (AvgIpc) is 2.58. The van der Waals surface area contributed by atoms with Gasteiger partial charge in [-0.05, 0) is 68.4 Å². The maximum absolute atomic E-state index is 5.62. The van der Waals surface area contributed by atoms with Gasteiger partial charge in [-0.1, -0.05) is 18.8 Å². The van der Waals surface area contributed by atoms with E-state index in [1.807, 2.05) is 31.2 Å². The second-order valence-electron chi connectivity index (χ2n) is 6.40. The Bertz CT molecular complexity index is 687. The predicted octanol–water partition coefficient (Wildman–Crippen LogP) is 4.76. The topological polar surface area (TPSA) is 35.0 Å². The molecule has 118 valence electrons. The van der Waals surface area contributed by atoms with Gasteiger partial charge in [-0.25, -0.2) is 9.97 Å². The zero-order valence-electron chi connectivity index (χ0n) is 13.7. The molecule has 1 saturated carbocycles. The Morgan fingerprint density at radius 2 is 1.65 bits per heavy atom. The minimum Gasteiger partial charge on any atom is -0.424 e. The molecule has 1 heterocycles. The molecule has 0 atom stereocenters. The van der Waals surface area contributed by atoms with Crippen molar-refractivity contribution in [3.8, 4) is 23.6 Å². The molecule has 0 amide bonds. The van der Waals surface area contributed by atoms with Crippen molar-refractivity contribution in [2.75, 3.05) is 0 Å². The number of hydrogen-bond donors (Lipinski definition) is 0. The Kier molecular flexibility index (Phi) is 4.92. The summed E-state index contributed by atoms with van der Waals surface area (Å²) >= 11 is 0. The summed E-state index contributed by atoms with van der Waals surface area (Å²) in [7, 11) is 0. The molecule has 0 saturated heterocycles. The van der Waals surface area contributed by atoms with E-state index in [1.54, 1.807) is 12.4 Å². The largest absolute Gasteiger partial charge is 0.424 e. The van der Waals surface area contributed by atoms with Crippen LogP contribution in [-0.4, -0.2) is 9.97 Å². The fraction of sp³-hybridized carbons (Fsp3) is 0.400. The summed E-state index contributed by atoms with van der Waals surface area (Å²) in [5.41, 5.74) is 2.04. The number of hydrogen-bond acceptors (Lipinski definition) is 3. The SMILES string of the molecule is Cc1cnc(Oc2ccc(C#CC3CCC(C)CC3)cc2)nc1. The van der Waals surface area contributed by atoms with Crippen molar-refractivity contribution in [3.63, 3.8) is 0 Å². The molecule has 0 N–H and O–H groups in total. The second-order valence-corrected chi connectivity index (χ2v) is 6.40. The van der Waals surface area contributed by atoms with Crippen LogP contribution in [0.2, 0.25) is 0 Å². The first-order valence-corrected chi connectivity index (χ1v) is 8.27. The summed E-state index contributed by atoms with van der Waals surface area (Å²) in [5.74, 6) is 8.86. The van der Waals surface area contributed by atoms with Crippen molar-refractivity contribution in [2.24, 2.45) is 11.8 Å². The molecule has 3 rings (SSSR count). The van der Waals surface area contributed by atoms with Crippen molar-refractivity contribution in [1.29, 1.82) is 0 Å². The molecule has 2 aromatic rings. The van der Waals surface area contributed by atoms with Crippen LogP contribution < -0.4 is 4.74 Å². The van der Waals surface area contributed by atoms with Crippen LogP contribution in [0.5, 0.6) is 11.8 Å². The normalized spacial score (nSPS) is 20.4. The predicted molar refractivity (Wildman–Crippen MR) is 91.3 cm³/mol. The highest BCUT2D eigenvalue weighted by molar-refractivity contribution is 5.39. The molecule has 1 aromatic carbocycles. The van der Waals surface area contributed by atoms with Crippen molar-refractivity contribution in [3.05, 3.63) is 47.8 Å². The fourth-order valence-electron chi connectivity index (χ4n) is 2.73. The van der Waals surface area contributed by atoms with Crippen molar-refractivity contribution >= 4 is 0 Å². The van der Waals surface area contributed by atoms with Crippen LogP contribution in [0.3, 0.4) is 0 Å². The van der Waals surface area contributed by atoms with Gasteiger partial charge in [0.05, 0.1) is 0 Å². The van der Waals surface area contributed by atoms with E-state index in [9.17, 15) is 0 Å². The Labute approximate surface area is 138 Å². The summed E-state index contributed by atoms with van der Waals surface area (Å²) in [5, 5.41) is 0. The molecule has 1 fully saturated rings. The van der Waals surface area contributed by atoms with Crippen LogP contribution in [0.15, 0.2) is 36.7 Å². The van der Waals surface area contributed by atoms with Gasteiger partial charge in [0.1, 0.15) is 5.75 Å². The zero-order valence-corrected chi connectivity index (χ0v) is 13.7. The number of ether oxygens (including phenoxy) is 1. The number of rotatable bonds is 2. The third-order valence-corrected chi connectivity index (χ3v) is 4.26. The molecular weight excluding hydrogens is 284 g/mol. The minimum absolute atomic E-state index is 0.366. The van der Waals surface area contributed by atoms with Gasteiger partial charge in [-0.15, -0.1) is 0 Å². The lowest BCUT2D eigenvalue weighted by Crippen LogP contribution is -2.10. The van der Waals surface area contributed by atoms with Gasteiger partial charge in [0.25, 0.3) is 0 Å². The van der Waals surface area contributed by atoms with E-state index in [2.05, 4.69) is 28.7 Å². The molecule has 1 aromatic heterocycles. The van der Waals surface area contributed by atoms with Crippen molar-refractivity contribution in [1.82, 2.24) is 9.97 Å². The summed E-state index contributed by atoms with van der Waals surface area (Å²) in [6, 6.07) is 8.17.